The number of nitrogens with zero attached hydrogens (tertiary/aromatic N) is 3. The van der Waals surface area contributed by atoms with Gasteiger partial charge in [0.15, 0.2) is 0 Å². The van der Waals surface area contributed by atoms with Crippen LogP contribution in [0.3, 0.4) is 0 Å². The van der Waals surface area contributed by atoms with Crippen molar-refractivity contribution in [2.45, 2.75) is 19.4 Å². The number of carbonyl (C=O) groups is 2. The van der Waals surface area contributed by atoms with Crippen LogP contribution in [-0.4, -0.2) is 59.9 Å². The molecule has 1 aromatic rings. The van der Waals surface area contributed by atoms with Crippen molar-refractivity contribution in [2.75, 3.05) is 33.3 Å². The second kappa shape index (κ2) is 7.73. The van der Waals surface area contributed by atoms with Gasteiger partial charge in [-0.1, -0.05) is 6.07 Å². The van der Waals surface area contributed by atoms with Crippen LogP contribution in [-0.2, 0) is 20.9 Å². The largest absolute Gasteiger partial charge is 0.469 e. The predicted octanol–water partition coefficient (Wildman–Crippen LogP) is 0.679. The van der Waals surface area contributed by atoms with Crippen LogP contribution >= 0.6 is 0 Å². The van der Waals surface area contributed by atoms with Crippen molar-refractivity contribution in [2.24, 2.45) is 0 Å². The fourth-order valence-corrected chi connectivity index (χ4v) is 2.37. The van der Waals surface area contributed by atoms with Crippen LogP contribution in [0.5, 0.6) is 0 Å². The highest BCUT2D eigenvalue weighted by Crippen LogP contribution is 2.09. The molecule has 21 heavy (non-hydrogen) atoms. The standard InChI is InChI=1S/C15H21N3O3/c1-21-15(20)5-4-14(19)18-9-7-17(8-10-18)12-13-3-2-6-16-11-13/h2-3,6,11H,4-5,7-10,12H2,1H3. The molecule has 0 radical (unpaired) electrons. The van der Waals surface area contributed by atoms with Gasteiger partial charge < -0.3 is 9.64 Å². The van der Waals surface area contributed by atoms with Gasteiger partial charge in [0.2, 0.25) is 5.91 Å². The molecule has 1 fully saturated rings. The van der Waals surface area contributed by atoms with E-state index >= 15 is 0 Å². The van der Waals surface area contributed by atoms with Gasteiger partial charge in [-0.3, -0.25) is 19.5 Å². The molecule has 0 aromatic carbocycles. The van der Waals surface area contributed by atoms with E-state index in [1.54, 1.807) is 6.20 Å². The van der Waals surface area contributed by atoms with E-state index < -0.39 is 0 Å². The SMILES string of the molecule is COC(=O)CCC(=O)N1CCN(Cc2cccnc2)CC1. The Morgan fingerprint density at radius 1 is 1.24 bits per heavy atom. The van der Waals surface area contributed by atoms with E-state index in [1.165, 1.54) is 12.7 Å². The summed E-state index contributed by atoms with van der Waals surface area (Å²) in [4.78, 5) is 31.3. The highest BCUT2D eigenvalue weighted by molar-refractivity contribution is 5.81. The minimum atomic E-state index is -0.335. The first kappa shape index (κ1) is 15.4. The summed E-state index contributed by atoms with van der Waals surface area (Å²) < 4.78 is 4.55. The zero-order valence-corrected chi connectivity index (χ0v) is 12.3. The lowest BCUT2D eigenvalue weighted by Gasteiger charge is -2.34. The summed E-state index contributed by atoms with van der Waals surface area (Å²) >= 11 is 0. The van der Waals surface area contributed by atoms with Crippen molar-refractivity contribution in [3.05, 3.63) is 30.1 Å². The molecular formula is C15H21N3O3. The van der Waals surface area contributed by atoms with Crippen LogP contribution in [0, 0.1) is 0 Å². The summed E-state index contributed by atoms with van der Waals surface area (Å²) in [6, 6.07) is 3.99. The number of hydrogen-bond donors (Lipinski definition) is 0. The van der Waals surface area contributed by atoms with E-state index in [1.807, 2.05) is 17.2 Å². The number of carbonyl (C=O) groups excluding carboxylic acids is 2. The minimum absolute atomic E-state index is 0.0291. The normalized spacial score (nSPS) is 15.8. The lowest BCUT2D eigenvalue weighted by atomic mass is 10.2. The Balaban J connectivity index is 1.72. The summed E-state index contributed by atoms with van der Waals surface area (Å²) in [5.74, 6) is -0.306. The third kappa shape index (κ3) is 4.82. The van der Waals surface area contributed by atoms with Crippen LogP contribution in [0.25, 0.3) is 0 Å². The Bertz CT molecular complexity index is 470. The monoisotopic (exact) mass is 291 g/mol. The number of ether oxygens (including phenoxy) is 1. The fourth-order valence-electron chi connectivity index (χ4n) is 2.37. The predicted molar refractivity (Wildman–Crippen MR) is 77.3 cm³/mol. The second-order valence-electron chi connectivity index (χ2n) is 5.09. The average molecular weight is 291 g/mol. The molecule has 1 amide bonds. The summed E-state index contributed by atoms with van der Waals surface area (Å²) in [6.45, 7) is 3.97. The molecule has 1 aliphatic heterocycles. The van der Waals surface area contributed by atoms with Crippen LogP contribution in [0.1, 0.15) is 18.4 Å². The molecule has 6 heteroatoms. The Morgan fingerprint density at radius 2 is 2.00 bits per heavy atom. The van der Waals surface area contributed by atoms with Gasteiger partial charge in [0.1, 0.15) is 0 Å². The van der Waals surface area contributed by atoms with Crippen LogP contribution < -0.4 is 0 Å². The van der Waals surface area contributed by atoms with Gasteiger partial charge in [0, 0.05) is 51.5 Å². The van der Waals surface area contributed by atoms with Gasteiger partial charge in [-0.2, -0.15) is 0 Å². The lowest BCUT2D eigenvalue weighted by molar-refractivity contribution is -0.144. The first-order chi connectivity index (χ1) is 10.2. The summed E-state index contributed by atoms with van der Waals surface area (Å²) in [5.41, 5.74) is 1.18. The van der Waals surface area contributed by atoms with Gasteiger partial charge in [-0.05, 0) is 11.6 Å². The van der Waals surface area contributed by atoms with E-state index in [9.17, 15) is 9.59 Å². The first-order valence-corrected chi connectivity index (χ1v) is 7.15. The van der Waals surface area contributed by atoms with Crippen LogP contribution in [0.2, 0.25) is 0 Å². The molecule has 114 valence electrons. The number of hydrogen-bond acceptors (Lipinski definition) is 5. The number of pyridine rings is 1. The van der Waals surface area contributed by atoms with Crippen molar-refractivity contribution in [3.8, 4) is 0 Å². The number of rotatable bonds is 5. The number of esters is 1. The number of amides is 1. The summed E-state index contributed by atoms with van der Waals surface area (Å²) in [5, 5.41) is 0. The Kier molecular flexibility index (Phi) is 5.68. The minimum Gasteiger partial charge on any atom is -0.469 e. The maximum atomic E-state index is 12.0. The third-order valence-electron chi connectivity index (χ3n) is 3.62. The van der Waals surface area contributed by atoms with Gasteiger partial charge in [-0.25, -0.2) is 0 Å². The number of methoxy groups -OCH3 is 1. The molecule has 0 spiro atoms. The second-order valence-corrected chi connectivity index (χ2v) is 5.09. The Hall–Kier alpha value is -1.95. The van der Waals surface area contributed by atoms with E-state index in [4.69, 9.17) is 0 Å². The summed E-state index contributed by atoms with van der Waals surface area (Å²) in [7, 11) is 1.34. The lowest BCUT2D eigenvalue weighted by Crippen LogP contribution is -2.48. The van der Waals surface area contributed by atoms with Gasteiger partial charge in [-0.15, -0.1) is 0 Å². The molecule has 1 aliphatic rings. The smallest absolute Gasteiger partial charge is 0.306 e. The molecule has 1 saturated heterocycles. The molecule has 6 nitrogen and oxygen atoms in total. The molecule has 2 heterocycles. The maximum absolute atomic E-state index is 12.0. The molecule has 0 atom stereocenters. The molecule has 2 rings (SSSR count). The Morgan fingerprint density at radius 3 is 2.62 bits per heavy atom. The van der Waals surface area contributed by atoms with Crippen molar-refractivity contribution >= 4 is 11.9 Å². The highest BCUT2D eigenvalue weighted by Gasteiger charge is 2.21. The Labute approximate surface area is 124 Å². The van der Waals surface area contributed by atoms with E-state index in [0.29, 0.717) is 13.1 Å². The number of piperazine rings is 1. The average Bonchev–Trinajstić information content (AvgIpc) is 2.54. The molecular weight excluding hydrogens is 270 g/mol. The highest BCUT2D eigenvalue weighted by atomic mass is 16.5. The molecule has 0 unspecified atom stereocenters. The van der Waals surface area contributed by atoms with Gasteiger partial charge in [0.25, 0.3) is 0 Å². The van der Waals surface area contributed by atoms with Gasteiger partial charge >= 0.3 is 5.97 Å². The van der Waals surface area contributed by atoms with Crippen LogP contribution in [0.15, 0.2) is 24.5 Å². The van der Waals surface area contributed by atoms with Crippen LogP contribution in [0.4, 0.5) is 0 Å². The van der Waals surface area contributed by atoms with E-state index in [0.717, 1.165) is 19.6 Å². The molecule has 0 N–H and O–H groups in total. The van der Waals surface area contributed by atoms with E-state index in [-0.39, 0.29) is 24.7 Å². The van der Waals surface area contributed by atoms with Crippen molar-refractivity contribution in [1.29, 1.82) is 0 Å². The molecule has 0 aliphatic carbocycles. The molecule has 0 bridgehead atoms. The first-order valence-electron chi connectivity index (χ1n) is 7.15. The van der Waals surface area contributed by atoms with E-state index in [2.05, 4.69) is 20.7 Å². The fraction of sp³-hybridized carbons (Fsp3) is 0.533. The van der Waals surface area contributed by atoms with Gasteiger partial charge in [0.05, 0.1) is 13.5 Å². The number of aromatic nitrogens is 1. The van der Waals surface area contributed by atoms with Crippen molar-refractivity contribution in [1.82, 2.24) is 14.8 Å². The topological polar surface area (TPSA) is 62.7 Å². The maximum Gasteiger partial charge on any atom is 0.306 e. The third-order valence-corrected chi connectivity index (χ3v) is 3.62. The zero-order valence-electron chi connectivity index (χ0n) is 12.3. The van der Waals surface area contributed by atoms with Crippen molar-refractivity contribution < 1.29 is 14.3 Å². The van der Waals surface area contributed by atoms with Crippen molar-refractivity contribution in [3.63, 3.8) is 0 Å². The summed E-state index contributed by atoms with van der Waals surface area (Å²) in [6.07, 6.45) is 4.02. The quantitative estimate of drug-likeness (QED) is 0.747. The zero-order chi connectivity index (χ0) is 15.1. The molecule has 0 saturated carbocycles. The molecule has 1 aromatic heterocycles.